The lowest BCUT2D eigenvalue weighted by Crippen LogP contribution is -2.38. The van der Waals surface area contributed by atoms with Crippen LogP contribution in [0, 0.1) is 6.92 Å². The Balaban J connectivity index is 1.32. The second kappa shape index (κ2) is 6.66. The van der Waals surface area contributed by atoms with Crippen LogP contribution in [0.5, 0.6) is 0 Å². The molecule has 0 radical (unpaired) electrons. The van der Waals surface area contributed by atoms with E-state index in [0.29, 0.717) is 24.7 Å². The predicted octanol–water partition coefficient (Wildman–Crippen LogP) is 2.52. The molecule has 1 aliphatic rings. The van der Waals surface area contributed by atoms with Gasteiger partial charge in [0.15, 0.2) is 5.82 Å². The summed E-state index contributed by atoms with van der Waals surface area (Å²) in [5.41, 5.74) is 2.03. The maximum absolute atomic E-state index is 12.5. The molecule has 1 fully saturated rings. The van der Waals surface area contributed by atoms with Crippen molar-refractivity contribution >= 4 is 16.9 Å². The van der Waals surface area contributed by atoms with E-state index in [4.69, 9.17) is 4.52 Å². The molecule has 1 aliphatic heterocycles. The van der Waals surface area contributed by atoms with Gasteiger partial charge in [0.05, 0.1) is 17.4 Å². The number of amides is 1. The van der Waals surface area contributed by atoms with E-state index in [1.807, 2.05) is 47.0 Å². The fourth-order valence-electron chi connectivity index (χ4n) is 3.42. The van der Waals surface area contributed by atoms with E-state index in [9.17, 15) is 4.79 Å². The number of imidazole rings is 1. The summed E-state index contributed by atoms with van der Waals surface area (Å²) < 4.78 is 7.30. The minimum absolute atomic E-state index is 0.193. The highest BCUT2D eigenvalue weighted by Gasteiger charge is 2.27. The Labute approximate surface area is 145 Å². The minimum atomic E-state index is 0.193. The summed E-state index contributed by atoms with van der Waals surface area (Å²) in [6.45, 7) is 3.97. The van der Waals surface area contributed by atoms with Crippen LogP contribution in [0.1, 0.15) is 36.9 Å². The van der Waals surface area contributed by atoms with Crippen LogP contribution in [0.15, 0.2) is 35.1 Å². The third-order valence-electron chi connectivity index (χ3n) is 4.83. The number of carbonyl (C=O) groups is 1. The molecule has 4 rings (SSSR count). The van der Waals surface area contributed by atoms with Gasteiger partial charge >= 0.3 is 0 Å². The first-order valence-corrected chi connectivity index (χ1v) is 8.68. The number of aromatic nitrogens is 4. The van der Waals surface area contributed by atoms with E-state index >= 15 is 0 Å². The van der Waals surface area contributed by atoms with Crippen molar-refractivity contribution in [3.05, 3.63) is 42.3 Å². The van der Waals surface area contributed by atoms with Crippen molar-refractivity contribution in [1.82, 2.24) is 24.6 Å². The molecule has 0 unspecified atom stereocenters. The number of benzene rings is 1. The fraction of sp³-hybridized carbons (Fsp3) is 0.444. The second-order valence-electron chi connectivity index (χ2n) is 6.51. The van der Waals surface area contributed by atoms with E-state index in [-0.39, 0.29) is 11.8 Å². The number of carbonyl (C=O) groups excluding carboxylic acids is 1. The highest BCUT2D eigenvalue weighted by Crippen LogP contribution is 2.27. The number of likely N-dealkylation sites (tertiary alicyclic amines) is 1. The molecule has 1 amide bonds. The first-order valence-electron chi connectivity index (χ1n) is 8.68. The minimum Gasteiger partial charge on any atom is -0.343 e. The maximum Gasteiger partial charge on any atom is 0.229 e. The molecule has 7 heteroatoms. The smallest absolute Gasteiger partial charge is 0.229 e. The van der Waals surface area contributed by atoms with Gasteiger partial charge in [-0.1, -0.05) is 17.3 Å². The topological polar surface area (TPSA) is 77.0 Å². The monoisotopic (exact) mass is 339 g/mol. The molecule has 130 valence electrons. The van der Waals surface area contributed by atoms with Gasteiger partial charge in [0, 0.05) is 32.0 Å². The summed E-state index contributed by atoms with van der Waals surface area (Å²) in [6, 6.07) is 7.98. The van der Waals surface area contributed by atoms with Crippen LogP contribution < -0.4 is 0 Å². The third kappa shape index (κ3) is 3.26. The summed E-state index contributed by atoms with van der Waals surface area (Å²) in [5.74, 6) is 1.83. The van der Waals surface area contributed by atoms with Crippen molar-refractivity contribution in [2.24, 2.45) is 0 Å². The Hall–Kier alpha value is -2.70. The SMILES string of the molecule is Cc1noc(C2CCN(C(=O)CCn3cnc4ccccc43)CC2)n1. The molecule has 1 aromatic carbocycles. The number of aryl methyl sites for hydroxylation is 2. The zero-order valence-corrected chi connectivity index (χ0v) is 14.3. The molecule has 1 saturated heterocycles. The molecule has 3 heterocycles. The van der Waals surface area contributed by atoms with Gasteiger partial charge in [0.2, 0.25) is 11.8 Å². The van der Waals surface area contributed by atoms with Crippen LogP contribution in [0.4, 0.5) is 0 Å². The first-order chi connectivity index (χ1) is 12.2. The molecule has 3 aromatic rings. The number of fused-ring (bicyclic) bond motifs is 1. The second-order valence-corrected chi connectivity index (χ2v) is 6.51. The molecule has 2 aromatic heterocycles. The normalized spacial score (nSPS) is 15.8. The van der Waals surface area contributed by atoms with Crippen molar-refractivity contribution < 1.29 is 9.32 Å². The Bertz CT molecular complexity index is 876. The van der Waals surface area contributed by atoms with Crippen molar-refractivity contribution in [3.63, 3.8) is 0 Å². The van der Waals surface area contributed by atoms with Crippen molar-refractivity contribution in [2.75, 3.05) is 13.1 Å². The van der Waals surface area contributed by atoms with Crippen molar-refractivity contribution in [1.29, 1.82) is 0 Å². The average molecular weight is 339 g/mol. The zero-order valence-electron chi connectivity index (χ0n) is 14.3. The van der Waals surface area contributed by atoms with E-state index in [2.05, 4.69) is 15.1 Å². The van der Waals surface area contributed by atoms with Crippen LogP contribution in [0.25, 0.3) is 11.0 Å². The first kappa shape index (κ1) is 15.8. The Kier molecular flexibility index (Phi) is 4.21. The molecule has 0 spiro atoms. The fourth-order valence-corrected chi connectivity index (χ4v) is 3.42. The zero-order chi connectivity index (χ0) is 17.2. The van der Waals surface area contributed by atoms with E-state index in [0.717, 1.165) is 37.0 Å². The lowest BCUT2D eigenvalue weighted by molar-refractivity contribution is -0.132. The number of hydrogen-bond donors (Lipinski definition) is 0. The summed E-state index contributed by atoms with van der Waals surface area (Å²) in [7, 11) is 0. The van der Waals surface area contributed by atoms with Crippen LogP contribution in [-0.4, -0.2) is 43.6 Å². The van der Waals surface area contributed by atoms with Gasteiger partial charge < -0.3 is 14.0 Å². The largest absolute Gasteiger partial charge is 0.343 e. The van der Waals surface area contributed by atoms with Gasteiger partial charge in [-0.15, -0.1) is 0 Å². The van der Waals surface area contributed by atoms with Crippen LogP contribution in [0.3, 0.4) is 0 Å². The molecule has 7 nitrogen and oxygen atoms in total. The lowest BCUT2D eigenvalue weighted by atomic mass is 9.96. The molecule has 0 N–H and O–H groups in total. The van der Waals surface area contributed by atoms with Gasteiger partial charge in [0.25, 0.3) is 0 Å². The van der Waals surface area contributed by atoms with Crippen LogP contribution in [-0.2, 0) is 11.3 Å². The van der Waals surface area contributed by atoms with Gasteiger partial charge in [-0.3, -0.25) is 4.79 Å². The summed E-state index contributed by atoms with van der Waals surface area (Å²) in [5, 5.41) is 3.85. The van der Waals surface area contributed by atoms with Gasteiger partial charge in [0.1, 0.15) is 0 Å². The Morgan fingerprint density at radius 1 is 1.28 bits per heavy atom. The van der Waals surface area contributed by atoms with Gasteiger partial charge in [-0.2, -0.15) is 4.98 Å². The molecular formula is C18H21N5O2. The van der Waals surface area contributed by atoms with Crippen LogP contribution >= 0.6 is 0 Å². The summed E-state index contributed by atoms with van der Waals surface area (Å²) in [4.78, 5) is 23.1. The molecular weight excluding hydrogens is 318 g/mol. The number of para-hydroxylation sites is 2. The van der Waals surface area contributed by atoms with Gasteiger partial charge in [-0.05, 0) is 31.9 Å². The van der Waals surface area contributed by atoms with Crippen LogP contribution in [0.2, 0.25) is 0 Å². The Morgan fingerprint density at radius 3 is 2.84 bits per heavy atom. The quantitative estimate of drug-likeness (QED) is 0.730. The molecule has 25 heavy (non-hydrogen) atoms. The van der Waals surface area contributed by atoms with Gasteiger partial charge in [-0.25, -0.2) is 4.98 Å². The standard InChI is InChI=1S/C18H21N5O2/c1-13-20-18(25-21-13)14-6-9-22(10-7-14)17(24)8-11-23-12-19-15-4-2-3-5-16(15)23/h2-5,12,14H,6-11H2,1H3. The van der Waals surface area contributed by atoms with E-state index < -0.39 is 0 Å². The number of rotatable bonds is 4. The van der Waals surface area contributed by atoms with E-state index in [1.165, 1.54) is 0 Å². The Morgan fingerprint density at radius 2 is 2.08 bits per heavy atom. The lowest BCUT2D eigenvalue weighted by Gasteiger charge is -2.30. The third-order valence-corrected chi connectivity index (χ3v) is 4.83. The molecule has 0 saturated carbocycles. The molecule has 0 aliphatic carbocycles. The number of nitrogens with zero attached hydrogens (tertiary/aromatic N) is 5. The van der Waals surface area contributed by atoms with E-state index in [1.54, 1.807) is 0 Å². The number of hydrogen-bond acceptors (Lipinski definition) is 5. The molecule has 0 atom stereocenters. The predicted molar refractivity (Wildman–Crippen MR) is 91.9 cm³/mol. The summed E-state index contributed by atoms with van der Waals surface area (Å²) in [6.07, 6.45) is 4.05. The average Bonchev–Trinajstić information content (AvgIpc) is 3.26. The highest BCUT2D eigenvalue weighted by atomic mass is 16.5. The molecule has 0 bridgehead atoms. The highest BCUT2D eigenvalue weighted by molar-refractivity contribution is 5.77. The number of piperidine rings is 1. The van der Waals surface area contributed by atoms with Crippen molar-refractivity contribution in [2.45, 2.75) is 38.6 Å². The van der Waals surface area contributed by atoms with Crippen molar-refractivity contribution in [3.8, 4) is 0 Å². The maximum atomic E-state index is 12.5. The summed E-state index contributed by atoms with van der Waals surface area (Å²) >= 11 is 0.